The third kappa shape index (κ3) is 7.72. The van der Waals surface area contributed by atoms with E-state index in [0.717, 1.165) is 38.1 Å². The molecule has 6 nitrogen and oxygen atoms in total. The molecule has 158 valence electrons. The summed E-state index contributed by atoms with van der Waals surface area (Å²) in [5, 5.41) is 11.1. The van der Waals surface area contributed by atoms with Crippen molar-refractivity contribution in [2.75, 3.05) is 37.2 Å². The third-order valence-electron chi connectivity index (χ3n) is 6.23. The molecule has 0 saturated heterocycles. The summed E-state index contributed by atoms with van der Waals surface area (Å²) in [6, 6.07) is 2.35. The highest BCUT2D eigenvalue weighted by Crippen LogP contribution is 2.28. The molecule has 5 N–H and O–H groups in total. The minimum absolute atomic E-state index is 0.388. The molecule has 0 amide bonds. The molecule has 3 rings (SSSR count). The van der Waals surface area contributed by atoms with Crippen LogP contribution in [0.4, 0.5) is 11.8 Å². The van der Waals surface area contributed by atoms with Gasteiger partial charge in [0.25, 0.3) is 0 Å². The third-order valence-corrected chi connectivity index (χ3v) is 6.43. The molecule has 1 aromatic heterocycles. The molecule has 2 saturated carbocycles. The van der Waals surface area contributed by atoms with Gasteiger partial charge in [-0.05, 0) is 76.4 Å². The van der Waals surface area contributed by atoms with Gasteiger partial charge in [-0.2, -0.15) is 4.98 Å². The van der Waals surface area contributed by atoms with Crippen LogP contribution in [-0.4, -0.2) is 42.2 Å². The summed E-state index contributed by atoms with van der Waals surface area (Å²) in [5.41, 5.74) is 5.71. The Morgan fingerprint density at radius 2 is 1.64 bits per heavy atom. The smallest absolute Gasteiger partial charge is 0.226 e. The van der Waals surface area contributed by atoms with Gasteiger partial charge in [0.15, 0.2) is 0 Å². The quantitative estimate of drug-likeness (QED) is 0.347. The summed E-state index contributed by atoms with van der Waals surface area (Å²) >= 11 is 5.93. The monoisotopic (exact) mass is 408 g/mol. The first kappa shape index (κ1) is 21.6. The first-order chi connectivity index (χ1) is 13.7. The number of nitrogen functional groups attached to an aromatic ring is 1. The lowest BCUT2D eigenvalue weighted by Gasteiger charge is -2.29. The zero-order valence-corrected chi connectivity index (χ0v) is 17.8. The second kappa shape index (κ2) is 11.8. The number of aromatic nitrogens is 2. The number of hydrogen-bond donors (Lipinski definition) is 4. The molecule has 0 atom stereocenters. The predicted octanol–water partition coefficient (Wildman–Crippen LogP) is 3.83. The van der Waals surface area contributed by atoms with E-state index in [9.17, 15) is 0 Å². The summed E-state index contributed by atoms with van der Waals surface area (Å²) in [4.78, 5) is 8.36. The number of hydrogen-bond acceptors (Lipinski definition) is 6. The van der Waals surface area contributed by atoms with E-state index in [4.69, 9.17) is 17.3 Å². The van der Waals surface area contributed by atoms with Crippen molar-refractivity contribution in [3.63, 3.8) is 0 Å². The molecule has 2 aliphatic rings. The van der Waals surface area contributed by atoms with E-state index in [1.807, 2.05) is 0 Å². The van der Waals surface area contributed by atoms with E-state index in [-0.39, 0.29) is 0 Å². The molecule has 0 aromatic carbocycles. The molecule has 0 unspecified atom stereocenters. The van der Waals surface area contributed by atoms with Crippen molar-refractivity contribution in [3.8, 4) is 0 Å². The van der Waals surface area contributed by atoms with Gasteiger partial charge in [-0.25, -0.2) is 4.98 Å². The maximum Gasteiger partial charge on any atom is 0.226 e. The van der Waals surface area contributed by atoms with E-state index in [0.29, 0.717) is 22.8 Å². The minimum atomic E-state index is 0.388. The van der Waals surface area contributed by atoms with Crippen molar-refractivity contribution in [1.82, 2.24) is 20.6 Å². The van der Waals surface area contributed by atoms with Gasteiger partial charge in [0.2, 0.25) is 5.95 Å². The predicted molar refractivity (Wildman–Crippen MR) is 118 cm³/mol. The minimum Gasteiger partial charge on any atom is -0.383 e. The summed E-state index contributed by atoms with van der Waals surface area (Å²) in [5.74, 6) is 2.45. The second-order valence-electron chi connectivity index (χ2n) is 8.55. The Morgan fingerprint density at radius 1 is 0.929 bits per heavy atom. The zero-order valence-electron chi connectivity index (χ0n) is 17.1. The van der Waals surface area contributed by atoms with Crippen molar-refractivity contribution in [2.45, 2.75) is 70.3 Å². The van der Waals surface area contributed by atoms with E-state index < -0.39 is 0 Å². The van der Waals surface area contributed by atoms with Crippen LogP contribution in [-0.2, 0) is 0 Å². The number of anilines is 2. The van der Waals surface area contributed by atoms with Gasteiger partial charge in [0, 0.05) is 18.7 Å². The molecule has 28 heavy (non-hydrogen) atoms. The highest BCUT2D eigenvalue weighted by atomic mass is 35.5. The number of halogens is 1. The maximum absolute atomic E-state index is 5.93. The number of nitrogens with two attached hydrogens (primary N) is 1. The van der Waals surface area contributed by atoms with Gasteiger partial charge in [-0.3, -0.25) is 0 Å². The Morgan fingerprint density at radius 3 is 2.36 bits per heavy atom. The number of rotatable bonds is 10. The van der Waals surface area contributed by atoms with E-state index in [1.54, 1.807) is 6.07 Å². The molecule has 0 spiro atoms. The average molecular weight is 409 g/mol. The first-order valence-corrected chi connectivity index (χ1v) is 11.5. The highest BCUT2D eigenvalue weighted by Gasteiger charge is 2.21. The van der Waals surface area contributed by atoms with Crippen molar-refractivity contribution < 1.29 is 0 Å². The summed E-state index contributed by atoms with van der Waals surface area (Å²) in [6.45, 7) is 4.35. The van der Waals surface area contributed by atoms with Crippen LogP contribution in [0.1, 0.15) is 64.2 Å². The van der Waals surface area contributed by atoms with Crippen molar-refractivity contribution in [2.24, 2.45) is 11.8 Å². The van der Waals surface area contributed by atoms with Crippen LogP contribution in [0.3, 0.4) is 0 Å². The van der Waals surface area contributed by atoms with E-state index in [2.05, 4.69) is 25.9 Å². The van der Waals surface area contributed by atoms with Crippen LogP contribution in [0.25, 0.3) is 0 Å². The van der Waals surface area contributed by atoms with Gasteiger partial charge < -0.3 is 21.7 Å². The lowest BCUT2D eigenvalue weighted by atomic mass is 9.82. The lowest BCUT2D eigenvalue weighted by molar-refractivity contribution is 0.275. The van der Waals surface area contributed by atoms with Crippen LogP contribution in [0.2, 0.25) is 5.15 Å². The Kier molecular flexibility index (Phi) is 9.09. The van der Waals surface area contributed by atoms with Crippen LogP contribution in [0.15, 0.2) is 6.07 Å². The van der Waals surface area contributed by atoms with Gasteiger partial charge >= 0.3 is 0 Å². The number of nitrogens with one attached hydrogen (secondary N) is 3. The topological polar surface area (TPSA) is 87.9 Å². The van der Waals surface area contributed by atoms with Crippen molar-refractivity contribution in [3.05, 3.63) is 11.2 Å². The molecule has 2 aliphatic carbocycles. The Labute approximate surface area is 174 Å². The fraction of sp³-hybridized carbons (Fsp3) is 0.810. The Balaban J connectivity index is 1.20. The molecule has 0 bridgehead atoms. The fourth-order valence-corrected chi connectivity index (χ4v) is 4.71. The zero-order chi connectivity index (χ0) is 19.6. The molecular weight excluding hydrogens is 372 g/mol. The normalized spacial score (nSPS) is 23.6. The lowest BCUT2D eigenvalue weighted by Crippen LogP contribution is -2.34. The number of nitrogens with zero attached hydrogens (tertiary/aromatic N) is 2. The van der Waals surface area contributed by atoms with Gasteiger partial charge in [0.05, 0.1) is 0 Å². The molecule has 0 radical (unpaired) electrons. The summed E-state index contributed by atoms with van der Waals surface area (Å²) in [7, 11) is 0. The van der Waals surface area contributed by atoms with Gasteiger partial charge in [0.1, 0.15) is 11.0 Å². The standard InChI is InChI=1S/C21H37ClN6/c22-19-13-20(23)28-21(27-19)26-15-17-9-7-16(8-10-17)14-24-11-4-12-25-18-5-2-1-3-6-18/h13,16-18,24-25H,1-12,14-15H2,(H3,23,26,27,28)/t16-,17+. The van der Waals surface area contributed by atoms with E-state index >= 15 is 0 Å². The Bertz CT molecular complexity index is 550. The van der Waals surface area contributed by atoms with Crippen LogP contribution >= 0.6 is 11.6 Å². The summed E-state index contributed by atoms with van der Waals surface area (Å²) < 4.78 is 0. The fourth-order valence-electron chi connectivity index (χ4n) is 4.52. The molecule has 2 fully saturated rings. The summed E-state index contributed by atoms with van der Waals surface area (Å²) in [6.07, 6.45) is 13.4. The first-order valence-electron chi connectivity index (χ1n) is 11.2. The van der Waals surface area contributed by atoms with Gasteiger partial charge in [-0.15, -0.1) is 0 Å². The van der Waals surface area contributed by atoms with Gasteiger partial charge in [-0.1, -0.05) is 30.9 Å². The maximum atomic E-state index is 5.93. The van der Waals surface area contributed by atoms with Crippen LogP contribution in [0, 0.1) is 11.8 Å². The van der Waals surface area contributed by atoms with Crippen molar-refractivity contribution in [1.29, 1.82) is 0 Å². The van der Waals surface area contributed by atoms with Crippen LogP contribution < -0.4 is 21.7 Å². The largest absolute Gasteiger partial charge is 0.383 e. The molecule has 1 aromatic rings. The molecular formula is C21H37ClN6. The molecule has 0 aliphatic heterocycles. The SMILES string of the molecule is Nc1cc(Cl)nc(NC[C@H]2CC[C@@H](CNCCCNC3CCCCC3)CC2)n1. The molecule has 1 heterocycles. The van der Waals surface area contributed by atoms with Crippen molar-refractivity contribution >= 4 is 23.4 Å². The average Bonchev–Trinajstić information content (AvgIpc) is 2.70. The van der Waals surface area contributed by atoms with Crippen LogP contribution in [0.5, 0.6) is 0 Å². The second-order valence-corrected chi connectivity index (χ2v) is 8.94. The Hall–Kier alpha value is -1.11. The highest BCUT2D eigenvalue weighted by molar-refractivity contribution is 6.29. The van der Waals surface area contributed by atoms with E-state index in [1.165, 1.54) is 64.2 Å². The molecule has 7 heteroatoms.